The molecule has 0 amide bonds. The van der Waals surface area contributed by atoms with Gasteiger partial charge >= 0.3 is 41.9 Å². The Balaban J connectivity index is 0.000000547. The first-order valence-corrected chi connectivity index (χ1v) is 16.2. The maximum atomic E-state index is 13.7. The Kier molecular flexibility index (Phi) is 13.9. The van der Waals surface area contributed by atoms with E-state index in [1.807, 2.05) is 36.4 Å². The Morgan fingerprint density at radius 3 is 2.06 bits per heavy atom. The smallest absolute Gasteiger partial charge is 0.123 e. The average molecular weight is 571 g/mol. The van der Waals surface area contributed by atoms with E-state index in [1.54, 1.807) is 23.3 Å². The molecule has 1 aliphatic rings. The fraction of sp³-hybridized carbons (Fsp3) is 0.269. The van der Waals surface area contributed by atoms with Crippen LogP contribution in [0, 0.1) is 23.6 Å². The van der Waals surface area contributed by atoms with Gasteiger partial charge < -0.3 is 0 Å². The van der Waals surface area contributed by atoms with Crippen molar-refractivity contribution in [1.82, 2.24) is 0 Å². The summed E-state index contributed by atoms with van der Waals surface area (Å²) in [5, 5.41) is 1.98. The molecule has 0 bridgehead atoms. The van der Waals surface area contributed by atoms with E-state index >= 15 is 0 Å². The summed E-state index contributed by atoms with van der Waals surface area (Å²) < 4.78 is 26.9. The molecular weight excluding hydrogens is 540 g/mol. The first kappa shape index (κ1) is 31.1. The number of fused-ring (bicyclic) bond motifs is 1. The number of hydrogen-bond acceptors (Lipinski definition) is 0. The molecule has 0 fully saturated rings. The Hall–Kier alpha value is -0.930. The predicted octanol–water partition coefficient (Wildman–Crippen LogP) is 8.85. The zero-order valence-electron chi connectivity index (χ0n) is 19.3. The largest absolute Gasteiger partial charge is 0.207 e. The van der Waals surface area contributed by atoms with Gasteiger partial charge in [0.25, 0.3) is 0 Å². The number of halogens is 4. The zero-order chi connectivity index (χ0) is 22.4. The summed E-state index contributed by atoms with van der Waals surface area (Å²) in [5.74, 6) is -0.264. The van der Waals surface area contributed by atoms with E-state index in [0.29, 0.717) is 11.5 Å². The first-order chi connectivity index (χ1) is 14.1. The molecule has 0 radical (unpaired) electrons. The quantitative estimate of drug-likeness (QED) is 0.203. The van der Waals surface area contributed by atoms with Gasteiger partial charge in [0.2, 0.25) is 0 Å². The third-order valence-electron chi connectivity index (χ3n) is 5.14. The van der Waals surface area contributed by atoms with E-state index < -0.39 is 11.6 Å². The molecule has 0 aromatic heterocycles. The predicted molar refractivity (Wildman–Crippen MR) is 137 cm³/mol. The minimum Gasteiger partial charge on any atom is -0.207 e. The van der Waals surface area contributed by atoms with Crippen LogP contribution in [-0.4, -0.2) is 5.43 Å². The van der Waals surface area contributed by atoms with Crippen molar-refractivity contribution in [3.63, 3.8) is 0 Å². The second-order valence-corrected chi connectivity index (χ2v) is 17.1. The van der Waals surface area contributed by atoms with Crippen molar-refractivity contribution in [2.24, 2.45) is 5.92 Å². The van der Waals surface area contributed by atoms with Crippen molar-refractivity contribution < 1.29 is 32.1 Å². The Bertz CT molecular complexity index is 1110. The minimum atomic E-state index is -0.424. The van der Waals surface area contributed by atoms with Crippen LogP contribution in [0.5, 0.6) is 0 Å². The van der Waals surface area contributed by atoms with Gasteiger partial charge in [-0.3, -0.25) is 6.08 Å². The van der Waals surface area contributed by atoms with Crippen molar-refractivity contribution in [1.29, 1.82) is 0 Å². The summed E-state index contributed by atoms with van der Waals surface area (Å²) in [7, 11) is 0. The summed E-state index contributed by atoms with van der Waals surface area (Å²) in [5.41, 5.74) is 5.50. The van der Waals surface area contributed by atoms with Crippen LogP contribution in [0.25, 0.3) is 21.9 Å². The monoisotopic (exact) mass is 568 g/mol. The van der Waals surface area contributed by atoms with E-state index in [9.17, 15) is 8.78 Å². The van der Waals surface area contributed by atoms with Gasteiger partial charge in [0, 0.05) is 0 Å². The second kappa shape index (κ2) is 14.4. The molecule has 0 aliphatic heterocycles. The number of allylic oxidation sites excluding steroid dienone is 4. The van der Waals surface area contributed by atoms with Gasteiger partial charge in [-0.2, -0.15) is 11.1 Å². The maximum Gasteiger partial charge on any atom is 0.123 e. The van der Waals surface area contributed by atoms with Gasteiger partial charge in [-0.05, 0) is 23.8 Å². The second-order valence-electron chi connectivity index (χ2n) is 7.76. The molecule has 3 aromatic carbocycles. The van der Waals surface area contributed by atoms with Crippen LogP contribution in [0.15, 0.2) is 71.3 Å². The summed E-state index contributed by atoms with van der Waals surface area (Å²) >= 11 is 1.74. The summed E-state index contributed by atoms with van der Waals surface area (Å²) in [6.45, 7) is 13.3. The summed E-state index contributed by atoms with van der Waals surface area (Å²) in [4.78, 5) is 0. The van der Waals surface area contributed by atoms with Crippen LogP contribution in [0.3, 0.4) is 0 Å². The third kappa shape index (κ3) is 8.45. The van der Waals surface area contributed by atoms with E-state index in [0.717, 1.165) is 28.5 Å². The fourth-order valence-electron chi connectivity index (χ4n) is 3.25. The molecule has 0 saturated heterocycles. The molecule has 3 aromatic rings. The third-order valence-corrected chi connectivity index (χ3v) is 5.14. The molecule has 1 unspecified atom stereocenters. The van der Waals surface area contributed by atoms with E-state index in [1.165, 1.54) is 22.8 Å². The van der Waals surface area contributed by atoms with Gasteiger partial charge in [0.15, 0.2) is 0 Å². The molecule has 0 spiro atoms. The summed E-state index contributed by atoms with van der Waals surface area (Å²) in [6, 6.07) is 14.9. The molecule has 0 nitrogen and oxygen atoms in total. The molecule has 1 atom stereocenters. The molecule has 170 valence electrons. The molecule has 0 saturated carbocycles. The van der Waals surface area contributed by atoms with Crippen molar-refractivity contribution in [2.75, 3.05) is 0 Å². The van der Waals surface area contributed by atoms with Crippen molar-refractivity contribution in [2.45, 2.75) is 40.8 Å². The number of hydrogen-bond donors (Lipinski definition) is 0. The van der Waals surface area contributed by atoms with Crippen molar-refractivity contribution in [3.8, 4) is 11.1 Å². The molecule has 1 aliphatic carbocycles. The van der Waals surface area contributed by atoms with Gasteiger partial charge in [0.05, 0.1) is 0 Å². The standard InChI is InChI=1S/C15H9F2.C9H13.C2H6Si.2ClH.Zr/c16-11-6-8-15(17)14(9-11)13-7-5-10-3-1-2-4-12(10)13;1-6-5-7(2)9(4)8(6)3;1-3-2;;;/h1-9H;6H,1-4H3;1-2H3;2*1H;/q2*-1;;;;+2. The van der Waals surface area contributed by atoms with E-state index in [4.69, 9.17) is 0 Å². The Morgan fingerprint density at radius 2 is 1.56 bits per heavy atom. The Labute approximate surface area is 218 Å². The molecule has 32 heavy (non-hydrogen) atoms. The van der Waals surface area contributed by atoms with Crippen molar-refractivity contribution >= 4 is 41.0 Å². The van der Waals surface area contributed by atoms with Gasteiger partial charge in [-0.15, -0.1) is 78.4 Å². The van der Waals surface area contributed by atoms with Crippen LogP contribution < -0.4 is 0 Å². The zero-order valence-corrected chi connectivity index (χ0v) is 24.4. The molecule has 0 N–H and O–H groups in total. The van der Waals surface area contributed by atoms with Crippen LogP contribution in [-0.2, 0) is 23.3 Å². The Morgan fingerprint density at radius 1 is 0.969 bits per heavy atom. The fourth-order valence-corrected chi connectivity index (χ4v) is 3.25. The molecule has 6 heteroatoms. The normalized spacial score (nSPS) is 14.3. The van der Waals surface area contributed by atoms with E-state index in [2.05, 4.69) is 46.9 Å². The van der Waals surface area contributed by atoms with Crippen LogP contribution in [0.2, 0.25) is 13.1 Å². The van der Waals surface area contributed by atoms with Crippen LogP contribution >= 0.6 is 24.8 Å². The maximum absolute atomic E-state index is 13.7. The van der Waals surface area contributed by atoms with Crippen molar-refractivity contribution in [3.05, 3.63) is 89.0 Å². The topological polar surface area (TPSA) is 0 Å². The summed E-state index contributed by atoms with van der Waals surface area (Å²) in [6.07, 6.45) is 3.36. The average Bonchev–Trinajstić information content (AvgIpc) is 3.21. The number of rotatable bonds is 1. The number of benzene rings is 2. The van der Waals surface area contributed by atoms with Gasteiger partial charge in [-0.1, -0.05) is 32.8 Å². The first-order valence-electron chi connectivity index (χ1n) is 10.0. The molecule has 4 rings (SSSR count). The molecular formula is C26H30Cl2F2SiZr. The van der Waals surface area contributed by atoms with Gasteiger partial charge in [-0.25, -0.2) is 14.4 Å². The van der Waals surface area contributed by atoms with Crippen LogP contribution in [0.1, 0.15) is 27.7 Å². The molecule has 0 heterocycles. The van der Waals surface area contributed by atoms with Gasteiger partial charge in [0.1, 0.15) is 11.6 Å². The SMILES string of the molecule is CC1=[C-]C(C)C(C)=C1C.C[Si](C)=[Zr+2].Cl.Cl.Fc1ccc(F)c(-c2c[cH-]c3ccccc23)c1. The minimum absolute atomic E-state index is 0. The van der Waals surface area contributed by atoms with E-state index in [-0.39, 0.29) is 30.2 Å². The van der Waals surface area contributed by atoms with Crippen LogP contribution in [0.4, 0.5) is 8.78 Å².